The Labute approximate surface area is 108 Å². The highest BCUT2D eigenvalue weighted by atomic mass is 16.5. The largest absolute Gasteiger partial charge is 0.492 e. The first-order valence-electron chi connectivity index (χ1n) is 5.99. The normalized spacial score (nSPS) is 10.4. The molecule has 3 N–H and O–H groups in total. The third-order valence-electron chi connectivity index (χ3n) is 2.32. The van der Waals surface area contributed by atoms with Crippen molar-refractivity contribution in [2.45, 2.75) is 6.42 Å². The van der Waals surface area contributed by atoms with Crippen LogP contribution in [-0.2, 0) is 4.79 Å². The summed E-state index contributed by atoms with van der Waals surface area (Å²) < 4.78 is 5.55. The van der Waals surface area contributed by atoms with Crippen LogP contribution in [0.25, 0.3) is 0 Å². The van der Waals surface area contributed by atoms with E-state index in [0.29, 0.717) is 19.6 Å². The topological polar surface area (TPSA) is 67.6 Å². The minimum Gasteiger partial charge on any atom is -0.492 e. The Morgan fingerprint density at radius 1 is 1.33 bits per heavy atom. The summed E-state index contributed by atoms with van der Waals surface area (Å²) in [6.07, 6.45) is 0.334. The molecule has 0 fully saturated rings. The molecule has 18 heavy (non-hydrogen) atoms. The molecule has 1 aromatic carbocycles. The molecule has 100 valence electrons. The van der Waals surface area contributed by atoms with Crippen LogP contribution in [0.1, 0.15) is 6.42 Å². The molecule has 0 radical (unpaired) electrons. The van der Waals surface area contributed by atoms with Crippen LogP contribution in [0.5, 0.6) is 5.75 Å². The second kappa shape index (κ2) is 7.68. The first-order valence-corrected chi connectivity index (χ1v) is 5.99. The van der Waals surface area contributed by atoms with Crippen molar-refractivity contribution in [2.24, 2.45) is 5.73 Å². The molecule has 0 aliphatic heterocycles. The number of amides is 1. The van der Waals surface area contributed by atoms with Gasteiger partial charge in [-0.3, -0.25) is 4.79 Å². The fourth-order valence-corrected chi connectivity index (χ4v) is 1.34. The number of likely N-dealkylation sites (N-methyl/N-ethyl adjacent to an activating group) is 1. The van der Waals surface area contributed by atoms with Gasteiger partial charge in [0.25, 0.3) is 0 Å². The number of hydrogen-bond acceptors (Lipinski definition) is 4. The van der Waals surface area contributed by atoms with Crippen LogP contribution in [0.3, 0.4) is 0 Å². The third kappa shape index (κ3) is 5.65. The average Bonchev–Trinajstić information content (AvgIpc) is 2.31. The number of nitrogens with two attached hydrogens (primary N) is 1. The van der Waals surface area contributed by atoms with Gasteiger partial charge >= 0.3 is 0 Å². The predicted octanol–water partition coefficient (Wildman–Crippen LogP) is 0.914. The van der Waals surface area contributed by atoms with Gasteiger partial charge in [0.05, 0.1) is 0 Å². The molecular weight excluding hydrogens is 230 g/mol. The van der Waals surface area contributed by atoms with Crippen LogP contribution in [-0.4, -0.2) is 44.6 Å². The predicted molar refractivity (Wildman–Crippen MR) is 72.8 cm³/mol. The maximum absolute atomic E-state index is 11.3. The molecule has 0 aliphatic carbocycles. The van der Waals surface area contributed by atoms with Crippen molar-refractivity contribution in [3.8, 4) is 5.75 Å². The van der Waals surface area contributed by atoms with Crippen LogP contribution in [0.15, 0.2) is 24.3 Å². The lowest BCUT2D eigenvalue weighted by Gasteiger charge is -2.11. The summed E-state index contributed by atoms with van der Waals surface area (Å²) in [5, 5.41) is 2.76. The minimum atomic E-state index is -0.0706. The molecule has 5 heteroatoms. The molecular formula is C13H21N3O2. The summed E-state index contributed by atoms with van der Waals surface area (Å²) in [6, 6.07) is 7.32. The fraction of sp³-hybridized carbons (Fsp3) is 0.462. The van der Waals surface area contributed by atoms with Crippen molar-refractivity contribution in [3.63, 3.8) is 0 Å². The van der Waals surface area contributed by atoms with Crippen molar-refractivity contribution in [1.82, 2.24) is 4.90 Å². The van der Waals surface area contributed by atoms with Gasteiger partial charge in [-0.1, -0.05) is 0 Å². The van der Waals surface area contributed by atoms with Crippen molar-refractivity contribution >= 4 is 11.6 Å². The number of benzene rings is 1. The van der Waals surface area contributed by atoms with E-state index in [1.807, 2.05) is 38.4 Å². The molecule has 0 unspecified atom stereocenters. The van der Waals surface area contributed by atoms with Crippen LogP contribution in [0, 0.1) is 0 Å². The Morgan fingerprint density at radius 2 is 2.00 bits per heavy atom. The maximum atomic E-state index is 11.3. The van der Waals surface area contributed by atoms with Crippen LogP contribution in [0.2, 0.25) is 0 Å². The highest BCUT2D eigenvalue weighted by molar-refractivity contribution is 5.90. The van der Waals surface area contributed by atoms with Gasteiger partial charge in [-0.15, -0.1) is 0 Å². The average molecular weight is 251 g/mol. The van der Waals surface area contributed by atoms with Crippen LogP contribution in [0.4, 0.5) is 5.69 Å². The minimum absolute atomic E-state index is 0.0706. The Balaban J connectivity index is 2.40. The summed E-state index contributed by atoms with van der Waals surface area (Å²) in [5.74, 6) is 0.729. The van der Waals surface area contributed by atoms with Crippen molar-refractivity contribution in [1.29, 1.82) is 0 Å². The molecule has 1 rings (SSSR count). The smallest absolute Gasteiger partial charge is 0.225 e. The molecule has 0 saturated heterocycles. The van der Waals surface area contributed by atoms with E-state index in [2.05, 4.69) is 10.2 Å². The highest BCUT2D eigenvalue weighted by Crippen LogP contribution is 2.15. The van der Waals surface area contributed by atoms with Gasteiger partial charge in [-0.05, 0) is 38.4 Å². The molecule has 0 bridgehead atoms. The van der Waals surface area contributed by atoms with Gasteiger partial charge < -0.3 is 20.7 Å². The number of rotatable bonds is 7. The Morgan fingerprint density at radius 3 is 2.56 bits per heavy atom. The van der Waals surface area contributed by atoms with E-state index < -0.39 is 0 Å². The van der Waals surface area contributed by atoms with E-state index in [9.17, 15) is 4.79 Å². The lowest BCUT2D eigenvalue weighted by Crippen LogP contribution is -2.19. The zero-order chi connectivity index (χ0) is 13.4. The van der Waals surface area contributed by atoms with E-state index >= 15 is 0 Å². The first kappa shape index (κ1) is 14.5. The molecule has 0 spiro atoms. The number of carbonyl (C=O) groups excluding carboxylic acids is 1. The lowest BCUT2D eigenvalue weighted by molar-refractivity contribution is -0.116. The lowest BCUT2D eigenvalue weighted by atomic mass is 10.3. The highest BCUT2D eigenvalue weighted by Gasteiger charge is 2.01. The molecule has 0 atom stereocenters. The Hall–Kier alpha value is -1.59. The number of ether oxygens (including phenoxy) is 1. The van der Waals surface area contributed by atoms with Gasteiger partial charge in [-0.25, -0.2) is 0 Å². The second-order valence-corrected chi connectivity index (χ2v) is 4.26. The molecule has 1 aromatic rings. The Bertz CT molecular complexity index is 363. The number of carbonyl (C=O) groups is 1. The number of nitrogens with one attached hydrogen (secondary N) is 1. The van der Waals surface area contributed by atoms with Crippen LogP contribution >= 0.6 is 0 Å². The standard InChI is InChI=1S/C13H21N3O2/c1-16(2)9-10-18-12-5-3-11(4-6-12)15-13(17)7-8-14/h3-6H,7-10,14H2,1-2H3,(H,15,17). The van der Waals surface area contributed by atoms with Crippen LogP contribution < -0.4 is 15.8 Å². The van der Waals surface area contributed by atoms with E-state index in [1.165, 1.54) is 0 Å². The third-order valence-corrected chi connectivity index (χ3v) is 2.32. The van der Waals surface area contributed by atoms with Gasteiger partial charge in [0.1, 0.15) is 12.4 Å². The van der Waals surface area contributed by atoms with Crippen molar-refractivity contribution < 1.29 is 9.53 Å². The summed E-state index contributed by atoms with van der Waals surface area (Å²) in [4.78, 5) is 13.4. The maximum Gasteiger partial charge on any atom is 0.225 e. The molecule has 1 amide bonds. The zero-order valence-corrected chi connectivity index (χ0v) is 11.0. The van der Waals surface area contributed by atoms with Gasteiger partial charge in [0.2, 0.25) is 5.91 Å². The first-order chi connectivity index (χ1) is 8.61. The van der Waals surface area contributed by atoms with Gasteiger partial charge in [-0.2, -0.15) is 0 Å². The molecule has 0 saturated carbocycles. The quantitative estimate of drug-likeness (QED) is 0.756. The van der Waals surface area contributed by atoms with Crippen molar-refractivity contribution in [3.05, 3.63) is 24.3 Å². The summed E-state index contributed by atoms with van der Waals surface area (Å²) >= 11 is 0. The molecule has 0 aliphatic rings. The number of nitrogens with zero attached hydrogens (tertiary/aromatic N) is 1. The monoisotopic (exact) mass is 251 g/mol. The van der Waals surface area contributed by atoms with Gasteiger partial charge in [0.15, 0.2) is 0 Å². The Kier molecular flexibility index (Phi) is 6.18. The van der Waals surface area contributed by atoms with Crippen molar-refractivity contribution in [2.75, 3.05) is 39.1 Å². The van der Waals surface area contributed by atoms with Gasteiger partial charge in [0, 0.05) is 25.2 Å². The van der Waals surface area contributed by atoms with E-state index in [-0.39, 0.29) is 5.91 Å². The molecule has 5 nitrogen and oxygen atoms in total. The fourth-order valence-electron chi connectivity index (χ4n) is 1.34. The molecule has 0 heterocycles. The number of anilines is 1. The van der Waals surface area contributed by atoms with E-state index in [1.54, 1.807) is 0 Å². The second-order valence-electron chi connectivity index (χ2n) is 4.26. The summed E-state index contributed by atoms with van der Waals surface area (Å²) in [5.41, 5.74) is 6.06. The summed E-state index contributed by atoms with van der Waals surface area (Å²) in [7, 11) is 4.00. The summed E-state index contributed by atoms with van der Waals surface area (Å²) in [6.45, 7) is 1.87. The molecule has 0 aromatic heterocycles. The van der Waals surface area contributed by atoms with E-state index in [0.717, 1.165) is 18.0 Å². The number of hydrogen-bond donors (Lipinski definition) is 2. The van der Waals surface area contributed by atoms with E-state index in [4.69, 9.17) is 10.5 Å². The zero-order valence-electron chi connectivity index (χ0n) is 11.0. The SMILES string of the molecule is CN(C)CCOc1ccc(NC(=O)CCN)cc1.